The summed E-state index contributed by atoms with van der Waals surface area (Å²) in [5.41, 5.74) is 9.81. The van der Waals surface area contributed by atoms with Crippen LogP contribution >= 0.6 is 0 Å². The molecule has 5 radical (unpaired) electrons. The van der Waals surface area contributed by atoms with E-state index in [1.807, 2.05) is 0 Å². The zero-order chi connectivity index (χ0) is 3.41. The fourth-order valence-electron chi connectivity index (χ4n) is 0. The molecule has 0 saturated heterocycles. The number of hydrogen-bond donors (Lipinski definition) is 2. The average molecular weight is 175 g/mol. The van der Waals surface area contributed by atoms with Gasteiger partial charge in [0.1, 0.15) is 0 Å². The predicted molar refractivity (Wildman–Crippen MR) is 46.9 cm³/mol. The van der Waals surface area contributed by atoms with E-state index in [0.717, 1.165) is 0 Å². The fourth-order valence-corrected chi connectivity index (χ4v) is 0. The molecule has 0 unspecified atom stereocenters. The van der Waals surface area contributed by atoms with E-state index in [0.29, 0.717) is 13.1 Å². The van der Waals surface area contributed by atoms with E-state index < -0.39 is 0 Å². The number of hydrogen-bond acceptors (Lipinski definition) is 2. The topological polar surface area (TPSA) is 52.0 Å². The Kier molecular flexibility index (Phi) is 158. The molecule has 0 aromatic carbocycles. The van der Waals surface area contributed by atoms with Gasteiger partial charge in [-0.15, -0.1) is 0 Å². The maximum Gasteiger partial charge on any atom is 0.00461 e. The van der Waals surface area contributed by atoms with Crippen LogP contribution in [-0.2, 0) is 0 Å². The second-order valence-corrected chi connectivity index (χ2v) is 0.577. The van der Waals surface area contributed by atoms with Gasteiger partial charge in [0.05, 0.1) is 0 Å². The number of rotatable bonds is 1. The molecule has 2 nitrogen and oxygen atoms in total. The Balaban J connectivity index is -0.00000000450. The van der Waals surface area contributed by atoms with E-state index >= 15 is 0 Å². The smallest absolute Gasteiger partial charge is 0.00461 e. The molecule has 0 amide bonds. The third kappa shape index (κ3) is 44.0. The van der Waals surface area contributed by atoms with Crippen LogP contribution in [0, 0.1) is 0 Å². The van der Waals surface area contributed by atoms with Crippen LogP contribution in [0.5, 0.6) is 0 Å². The molecule has 0 saturated carbocycles. The summed E-state index contributed by atoms with van der Waals surface area (Å²) < 4.78 is 0. The standard InChI is InChI=1S/C2H8N2.5Na/c3-1-2-4;;;;;/h1-4H2;;;;;. The molecule has 0 atom stereocenters. The van der Waals surface area contributed by atoms with Crippen molar-refractivity contribution in [2.45, 2.75) is 0 Å². The van der Waals surface area contributed by atoms with Gasteiger partial charge in [0.2, 0.25) is 0 Å². The third-order valence-corrected chi connectivity index (χ3v) is 0.167. The SMILES string of the molecule is NCCN.[Na].[Na].[Na].[Na].[Na]. The van der Waals surface area contributed by atoms with Gasteiger partial charge in [-0.1, -0.05) is 0 Å². The summed E-state index contributed by atoms with van der Waals surface area (Å²) in [7, 11) is 0. The average Bonchev–Trinajstić information content (AvgIpc) is 1.37. The van der Waals surface area contributed by atoms with Crippen LogP contribution in [0.25, 0.3) is 0 Å². The van der Waals surface area contributed by atoms with Crippen molar-refractivity contribution < 1.29 is 0 Å². The van der Waals surface area contributed by atoms with E-state index in [2.05, 4.69) is 0 Å². The van der Waals surface area contributed by atoms with Gasteiger partial charge in [-0.3, -0.25) is 0 Å². The van der Waals surface area contributed by atoms with Crippen LogP contribution in [-0.4, -0.2) is 161 Å². The van der Waals surface area contributed by atoms with E-state index in [-0.39, 0.29) is 148 Å². The van der Waals surface area contributed by atoms with Gasteiger partial charge in [0, 0.05) is 161 Å². The van der Waals surface area contributed by atoms with Gasteiger partial charge >= 0.3 is 0 Å². The van der Waals surface area contributed by atoms with Crippen LogP contribution < -0.4 is 11.5 Å². The first kappa shape index (κ1) is 37.0. The Bertz CT molecular complexity index is 14.9. The summed E-state index contributed by atoms with van der Waals surface area (Å²) >= 11 is 0. The molecule has 0 aliphatic rings. The first-order chi connectivity index (χ1) is 1.91. The van der Waals surface area contributed by atoms with Crippen LogP contribution in [0.15, 0.2) is 0 Å². The monoisotopic (exact) mass is 175 g/mol. The van der Waals surface area contributed by atoms with Crippen LogP contribution in [0.2, 0.25) is 0 Å². The molecule has 0 aliphatic heterocycles. The molecule has 0 aliphatic carbocycles. The van der Waals surface area contributed by atoms with Gasteiger partial charge in [-0.2, -0.15) is 0 Å². The maximum atomic E-state index is 4.90. The minimum atomic E-state index is 0. The van der Waals surface area contributed by atoms with Gasteiger partial charge in [0.15, 0.2) is 0 Å². The largest absolute Gasteiger partial charge is 0.329 e. The molecule has 0 aromatic rings. The van der Waals surface area contributed by atoms with E-state index in [4.69, 9.17) is 11.5 Å². The predicted octanol–water partition coefficient (Wildman–Crippen LogP) is -3.00. The number of nitrogens with two attached hydrogens (primary N) is 2. The van der Waals surface area contributed by atoms with Crippen molar-refractivity contribution in [3.63, 3.8) is 0 Å². The summed E-state index contributed by atoms with van der Waals surface area (Å²) in [6.07, 6.45) is 0. The zero-order valence-electron chi connectivity index (χ0n) is 7.57. The first-order valence-corrected chi connectivity index (χ1v) is 1.32. The third-order valence-electron chi connectivity index (χ3n) is 0.167. The van der Waals surface area contributed by atoms with Crippen molar-refractivity contribution in [3.05, 3.63) is 0 Å². The molecule has 0 aromatic heterocycles. The molecule has 0 spiro atoms. The second-order valence-electron chi connectivity index (χ2n) is 0.577. The van der Waals surface area contributed by atoms with Crippen molar-refractivity contribution in [1.29, 1.82) is 0 Å². The van der Waals surface area contributed by atoms with Gasteiger partial charge in [-0.05, 0) is 0 Å². The molecule has 0 heterocycles. The Morgan fingerprint density at radius 1 is 0.556 bits per heavy atom. The molecule has 4 N–H and O–H groups in total. The summed E-state index contributed by atoms with van der Waals surface area (Å²) in [5, 5.41) is 0. The summed E-state index contributed by atoms with van der Waals surface area (Å²) in [6, 6.07) is 0. The van der Waals surface area contributed by atoms with Crippen molar-refractivity contribution >= 4 is 148 Å². The minimum Gasteiger partial charge on any atom is -0.329 e. The summed E-state index contributed by atoms with van der Waals surface area (Å²) in [5.74, 6) is 0. The Labute approximate surface area is 168 Å². The quantitative estimate of drug-likeness (QED) is 0.417. The van der Waals surface area contributed by atoms with E-state index in [9.17, 15) is 0 Å². The van der Waals surface area contributed by atoms with Crippen LogP contribution in [0.4, 0.5) is 0 Å². The molecule has 7 heteroatoms. The van der Waals surface area contributed by atoms with Crippen LogP contribution in [0.3, 0.4) is 0 Å². The Morgan fingerprint density at radius 3 is 0.667 bits per heavy atom. The molecule has 9 heavy (non-hydrogen) atoms. The second kappa shape index (κ2) is 38.3. The summed E-state index contributed by atoms with van der Waals surface area (Å²) in [4.78, 5) is 0. The van der Waals surface area contributed by atoms with Gasteiger partial charge in [-0.25, -0.2) is 0 Å². The Hall–Kier alpha value is 4.92. The van der Waals surface area contributed by atoms with Gasteiger partial charge in [0.25, 0.3) is 0 Å². The van der Waals surface area contributed by atoms with Crippen molar-refractivity contribution in [1.82, 2.24) is 0 Å². The maximum absolute atomic E-state index is 4.90. The van der Waals surface area contributed by atoms with E-state index in [1.165, 1.54) is 0 Å². The molecule has 0 fully saturated rings. The minimum absolute atomic E-state index is 0. The molecular weight excluding hydrogens is 167 g/mol. The molecule has 0 rings (SSSR count). The molecular formula is C2H8N2Na5. The van der Waals surface area contributed by atoms with Crippen LogP contribution in [0.1, 0.15) is 0 Å². The van der Waals surface area contributed by atoms with Crippen molar-refractivity contribution in [3.8, 4) is 0 Å². The Morgan fingerprint density at radius 2 is 0.667 bits per heavy atom. The first-order valence-electron chi connectivity index (χ1n) is 1.32. The van der Waals surface area contributed by atoms with E-state index in [1.54, 1.807) is 0 Å². The zero-order valence-corrected chi connectivity index (χ0v) is 17.6. The summed E-state index contributed by atoms with van der Waals surface area (Å²) in [6.45, 7) is 1.19. The van der Waals surface area contributed by atoms with Crippen molar-refractivity contribution in [2.75, 3.05) is 13.1 Å². The van der Waals surface area contributed by atoms with Gasteiger partial charge < -0.3 is 11.5 Å². The normalized spacial score (nSPS) is 3.33. The molecule has 0 bridgehead atoms. The fraction of sp³-hybridized carbons (Fsp3) is 1.00. The van der Waals surface area contributed by atoms with Crippen molar-refractivity contribution in [2.24, 2.45) is 11.5 Å². The molecule has 31 valence electrons.